The van der Waals surface area contributed by atoms with Crippen molar-refractivity contribution in [2.45, 2.75) is 77.5 Å². The first-order valence-electron chi connectivity index (χ1n) is 9.33. The third-order valence-electron chi connectivity index (χ3n) is 5.20. The minimum absolute atomic E-state index is 0.208. The molecule has 2 aliphatic carbocycles. The lowest BCUT2D eigenvalue weighted by Gasteiger charge is -2.16. The van der Waals surface area contributed by atoms with Gasteiger partial charge >= 0.3 is 5.97 Å². The summed E-state index contributed by atoms with van der Waals surface area (Å²) in [6.45, 7) is 5.79. The molecule has 1 amide bonds. The Labute approximate surface area is 149 Å². The summed E-state index contributed by atoms with van der Waals surface area (Å²) in [5, 5.41) is 2.95. The van der Waals surface area contributed by atoms with Gasteiger partial charge in [-0.05, 0) is 64.2 Å². The van der Waals surface area contributed by atoms with Crippen LogP contribution in [0.25, 0.3) is 6.08 Å². The second-order valence-corrected chi connectivity index (χ2v) is 7.33. The predicted octanol–water partition coefficient (Wildman–Crippen LogP) is 3.44. The highest BCUT2D eigenvalue weighted by molar-refractivity contribution is 5.90. The van der Waals surface area contributed by atoms with E-state index in [0.29, 0.717) is 6.04 Å². The molecule has 3 rings (SSSR count). The zero-order chi connectivity index (χ0) is 18.0. The monoisotopic (exact) mass is 344 g/mol. The summed E-state index contributed by atoms with van der Waals surface area (Å²) in [6.07, 6.45) is 9.23. The second-order valence-electron chi connectivity index (χ2n) is 7.33. The average molecular weight is 344 g/mol. The molecule has 1 aromatic heterocycles. The highest BCUT2D eigenvalue weighted by Gasteiger charge is 2.26. The number of amides is 1. The molecule has 5 nitrogen and oxygen atoms in total. The van der Waals surface area contributed by atoms with Crippen molar-refractivity contribution in [3.8, 4) is 0 Å². The fourth-order valence-electron chi connectivity index (χ4n) is 3.68. The van der Waals surface area contributed by atoms with Crippen molar-refractivity contribution >= 4 is 18.0 Å². The molecule has 1 aromatic rings. The zero-order valence-corrected chi connectivity index (χ0v) is 15.4. The van der Waals surface area contributed by atoms with Crippen molar-refractivity contribution < 1.29 is 14.3 Å². The molecule has 1 heterocycles. The first kappa shape index (κ1) is 17.8. The van der Waals surface area contributed by atoms with E-state index in [1.807, 2.05) is 0 Å². The third-order valence-corrected chi connectivity index (χ3v) is 5.20. The fourth-order valence-corrected chi connectivity index (χ4v) is 3.68. The van der Waals surface area contributed by atoms with Gasteiger partial charge in [-0.25, -0.2) is 4.79 Å². The molecule has 136 valence electrons. The molecular weight excluding hydrogens is 316 g/mol. The van der Waals surface area contributed by atoms with E-state index in [0.717, 1.165) is 31.2 Å². The van der Waals surface area contributed by atoms with Gasteiger partial charge in [-0.3, -0.25) is 4.79 Å². The molecule has 25 heavy (non-hydrogen) atoms. The molecule has 2 aliphatic rings. The molecule has 0 unspecified atom stereocenters. The number of carbonyl (C=O) groups is 2. The van der Waals surface area contributed by atoms with E-state index >= 15 is 0 Å². The van der Waals surface area contributed by atoms with Crippen LogP contribution in [-0.2, 0) is 14.3 Å². The van der Waals surface area contributed by atoms with Gasteiger partial charge in [-0.2, -0.15) is 0 Å². The maximum atomic E-state index is 12.1. The topological polar surface area (TPSA) is 60.3 Å². The van der Waals surface area contributed by atoms with Gasteiger partial charge in [-0.1, -0.05) is 12.8 Å². The summed E-state index contributed by atoms with van der Waals surface area (Å²) < 4.78 is 7.57. The van der Waals surface area contributed by atoms with Crippen LogP contribution in [0.2, 0.25) is 0 Å². The Morgan fingerprint density at radius 2 is 1.92 bits per heavy atom. The number of carbonyl (C=O) groups excluding carboxylic acids is 2. The first-order valence-corrected chi connectivity index (χ1v) is 9.33. The lowest BCUT2D eigenvalue weighted by atomic mass is 10.2. The van der Waals surface area contributed by atoms with E-state index in [1.165, 1.54) is 30.3 Å². The van der Waals surface area contributed by atoms with Crippen molar-refractivity contribution in [2.75, 3.05) is 0 Å². The van der Waals surface area contributed by atoms with E-state index in [1.54, 1.807) is 13.0 Å². The SMILES string of the molecule is Cc1cc(/C=C/C(=O)O[C@@H](C)C(=O)NC2CCCC2)c(C)n1C1CC1. The zero-order valence-electron chi connectivity index (χ0n) is 15.4. The molecule has 0 radical (unpaired) electrons. The summed E-state index contributed by atoms with van der Waals surface area (Å²) >= 11 is 0. The molecule has 0 aromatic carbocycles. The fraction of sp³-hybridized carbons (Fsp3) is 0.600. The maximum absolute atomic E-state index is 12.1. The Bertz CT molecular complexity index is 679. The number of rotatable bonds is 6. The summed E-state index contributed by atoms with van der Waals surface area (Å²) in [7, 11) is 0. The largest absolute Gasteiger partial charge is 0.449 e. The quantitative estimate of drug-likeness (QED) is 0.635. The molecule has 0 aliphatic heterocycles. The molecule has 0 bridgehead atoms. The van der Waals surface area contributed by atoms with Gasteiger partial charge in [0.1, 0.15) is 0 Å². The minimum atomic E-state index is -0.767. The van der Waals surface area contributed by atoms with Crippen LogP contribution in [0.15, 0.2) is 12.1 Å². The maximum Gasteiger partial charge on any atom is 0.331 e. The lowest BCUT2D eigenvalue weighted by molar-refractivity contribution is -0.150. The van der Waals surface area contributed by atoms with Gasteiger partial charge in [0.2, 0.25) is 0 Å². The lowest BCUT2D eigenvalue weighted by Crippen LogP contribution is -2.40. The number of nitrogens with zero attached hydrogens (tertiary/aromatic N) is 1. The minimum Gasteiger partial charge on any atom is -0.449 e. The molecule has 1 atom stereocenters. The van der Waals surface area contributed by atoms with Crippen LogP contribution >= 0.6 is 0 Å². The number of nitrogens with one attached hydrogen (secondary N) is 1. The molecule has 5 heteroatoms. The number of aryl methyl sites for hydroxylation is 1. The summed E-state index contributed by atoms with van der Waals surface area (Å²) in [5.74, 6) is -0.689. The Hall–Kier alpha value is -2.04. The molecular formula is C20H28N2O3. The number of hydrogen-bond donors (Lipinski definition) is 1. The van der Waals surface area contributed by atoms with Gasteiger partial charge in [0.25, 0.3) is 5.91 Å². The Morgan fingerprint density at radius 3 is 2.56 bits per heavy atom. The van der Waals surface area contributed by atoms with Gasteiger partial charge in [0, 0.05) is 29.5 Å². The number of hydrogen-bond acceptors (Lipinski definition) is 3. The third kappa shape index (κ3) is 4.33. The summed E-state index contributed by atoms with van der Waals surface area (Å²) in [6, 6.07) is 2.94. The molecule has 0 saturated heterocycles. The second kappa shape index (κ2) is 7.46. The number of esters is 1. The predicted molar refractivity (Wildman–Crippen MR) is 97.2 cm³/mol. The van der Waals surface area contributed by atoms with Crippen LogP contribution < -0.4 is 5.32 Å². The number of aromatic nitrogens is 1. The molecule has 2 fully saturated rings. The van der Waals surface area contributed by atoms with Crippen LogP contribution in [0.4, 0.5) is 0 Å². The molecule has 0 spiro atoms. The van der Waals surface area contributed by atoms with Crippen molar-refractivity contribution in [3.05, 3.63) is 29.1 Å². The van der Waals surface area contributed by atoms with E-state index in [9.17, 15) is 9.59 Å². The van der Waals surface area contributed by atoms with Crippen molar-refractivity contribution in [1.29, 1.82) is 0 Å². The van der Waals surface area contributed by atoms with Crippen LogP contribution in [0.5, 0.6) is 0 Å². The molecule has 1 N–H and O–H groups in total. The highest BCUT2D eigenvalue weighted by atomic mass is 16.5. The summed E-state index contributed by atoms with van der Waals surface area (Å²) in [5.41, 5.74) is 3.43. The Balaban J connectivity index is 1.54. The standard InChI is InChI=1S/C20H28N2O3/c1-13-12-16(14(2)22(13)18-9-10-18)8-11-19(23)25-15(3)20(24)21-17-6-4-5-7-17/h8,11-12,15,17-18H,4-7,9-10H2,1-3H3,(H,21,24)/b11-8+/t15-/m0/s1. The van der Waals surface area contributed by atoms with E-state index < -0.39 is 12.1 Å². The number of ether oxygens (including phenoxy) is 1. The summed E-state index contributed by atoms with van der Waals surface area (Å²) in [4.78, 5) is 24.1. The van der Waals surface area contributed by atoms with Crippen molar-refractivity contribution in [3.63, 3.8) is 0 Å². The van der Waals surface area contributed by atoms with Crippen LogP contribution in [0, 0.1) is 13.8 Å². The van der Waals surface area contributed by atoms with Crippen LogP contribution in [-0.4, -0.2) is 28.6 Å². The van der Waals surface area contributed by atoms with E-state index in [2.05, 4.69) is 29.8 Å². The smallest absolute Gasteiger partial charge is 0.331 e. The van der Waals surface area contributed by atoms with Crippen LogP contribution in [0.1, 0.15) is 68.4 Å². The Morgan fingerprint density at radius 1 is 1.24 bits per heavy atom. The van der Waals surface area contributed by atoms with Gasteiger partial charge < -0.3 is 14.6 Å². The van der Waals surface area contributed by atoms with Gasteiger partial charge in [-0.15, -0.1) is 0 Å². The highest BCUT2D eigenvalue weighted by Crippen LogP contribution is 2.38. The van der Waals surface area contributed by atoms with Gasteiger partial charge in [0.05, 0.1) is 0 Å². The van der Waals surface area contributed by atoms with Crippen molar-refractivity contribution in [2.24, 2.45) is 0 Å². The van der Waals surface area contributed by atoms with E-state index in [4.69, 9.17) is 4.74 Å². The van der Waals surface area contributed by atoms with E-state index in [-0.39, 0.29) is 11.9 Å². The normalized spacial score (nSPS) is 19.3. The average Bonchev–Trinajstić information content (AvgIpc) is 3.18. The molecule has 2 saturated carbocycles. The Kier molecular flexibility index (Phi) is 5.30. The van der Waals surface area contributed by atoms with Crippen molar-refractivity contribution in [1.82, 2.24) is 9.88 Å². The first-order chi connectivity index (χ1) is 12.0. The van der Waals surface area contributed by atoms with Crippen LogP contribution in [0.3, 0.4) is 0 Å². The van der Waals surface area contributed by atoms with Gasteiger partial charge in [0.15, 0.2) is 6.10 Å².